The molecule has 1 saturated heterocycles. The lowest BCUT2D eigenvalue weighted by Crippen LogP contribution is -2.14. The van der Waals surface area contributed by atoms with Crippen molar-refractivity contribution >= 4 is 6.34 Å². The number of hydrogen-bond donors (Lipinski definition) is 1. The van der Waals surface area contributed by atoms with Gasteiger partial charge in [-0.2, -0.15) is 0 Å². The molecule has 0 aromatic heterocycles. The standard InChI is InChI=1S/C4H9N2/c1-6(4-5)2-3-6/h4-5H,2-3H2,1H3/q+1. The molecule has 1 aliphatic heterocycles. The lowest BCUT2D eigenvalue weighted by Gasteiger charge is -1.96. The Bertz CT molecular complexity index is 73.6. The number of nitrogens with one attached hydrogen (secondary N) is 1. The first-order valence-electron chi connectivity index (χ1n) is 2.13. The van der Waals surface area contributed by atoms with E-state index in [-0.39, 0.29) is 0 Å². The zero-order valence-corrected chi connectivity index (χ0v) is 3.94. The minimum Gasteiger partial charge on any atom is -0.275 e. The Morgan fingerprint density at radius 1 is 1.67 bits per heavy atom. The van der Waals surface area contributed by atoms with Crippen LogP contribution in [0.25, 0.3) is 0 Å². The van der Waals surface area contributed by atoms with Crippen LogP contribution < -0.4 is 0 Å². The van der Waals surface area contributed by atoms with Gasteiger partial charge in [-0.1, -0.05) is 0 Å². The lowest BCUT2D eigenvalue weighted by atomic mass is 11.0. The van der Waals surface area contributed by atoms with Crippen molar-refractivity contribution in [1.29, 1.82) is 5.41 Å². The van der Waals surface area contributed by atoms with E-state index in [2.05, 4.69) is 0 Å². The molecule has 0 bridgehead atoms. The van der Waals surface area contributed by atoms with Gasteiger partial charge < -0.3 is 0 Å². The monoisotopic (exact) mass is 85.1 g/mol. The van der Waals surface area contributed by atoms with Crippen LogP contribution in [0.2, 0.25) is 0 Å². The maximum Gasteiger partial charge on any atom is 0.182 e. The molecule has 0 atom stereocenters. The summed E-state index contributed by atoms with van der Waals surface area (Å²) in [5.74, 6) is 0. The average molecular weight is 85.1 g/mol. The SMILES string of the molecule is C[N+]1(C=N)CC1. The summed E-state index contributed by atoms with van der Waals surface area (Å²) in [6.45, 7) is 2.34. The van der Waals surface area contributed by atoms with Gasteiger partial charge in [0.15, 0.2) is 6.34 Å². The van der Waals surface area contributed by atoms with Crippen LogP contribution in [0.1, 0.15) is 0 Å². The number of nitrogens with zero attached hydrogens (tertiary/aromatic N) is 1. The average Bonchev–Trinajstić information content (AvgIpc) is 2.22. The number of rotatable bonds is 1. The molecule has 0 amide bonds. The highest BCUT2D eigenvalue weighted by Crippen LogP contribution is 2.10. The maximum atomic E-state index is 6.76. The topological polar surface area (TPSA) is 23.9 Å². The smallest absolute Gasteiger partial charge is 0.182 e. The first-order valence-corrected chi connectivity index (χ1v) is 2.13. The molecule has 2 nitrogen and oxygen atoms in total. The molecule has 0 aliphatic carbocycles. The van der Waals surface area contributed by atoms with Gasteiger partial charge in [0.1, 0.15) is 13.1 Å². The lowest BCUT2D eigenvalue weighted by molar-refractivity contribution is -0.667. The van der Waals surface area contributed by atoms with E-state index in [0.717, 1.165) is 4.48 Å². The third-order valence-corrected chi connectivity index (χ3v) is 1.24. The van der Waals surface area contributed by atoms with E-state index in [1.54, 1.807) is 0 Å². The third-order valence-electron chi connectivity index (χ3n) is 1.24. The second-order valence-electron chi connectivity index (χ2n) is 2.06. The van der Waals surface area contributed by atoms with Gasteiger partial charge in [0.05, 0.1) is 7.05 Å². The molecule has 0 saturated carbocycles. The van der Waals surface area contributed by atoms with Gasteiger partial charge in [0, 0.05) is 0 Å². The molecule has 1 fully saturated rings. The summed E-state index contributed by atoms with van der Waals surface area (Å²) in [7, 11) is 2.05. The molecule has 1 heterocycles. The molecule has 6 heavy (non-hydrogen) atoms. The summed E-state index contributed by atoms with van der Waals surface area (Å²) in [5.41, 5.74) is 0. The van der Waals surface area contributed by atoms with Gasteiger partial charge in [0.2, 0.25) is 0 Å². The molecule has 1 rings (SSSR count). The van der Waals surface area contributed by atoms with Crippen LogP contribution in [-0.4, -0.2) is 31.0 Å². The molecule has 0 spiro atoms. The summed E-state index contributed by atoms with van der Waals surface area (Å²) in [6, 6.07) is 0. The van der Waals surface area contributed by atoms with E-state index < -0.39 is 0 Å². The van der Waals surface area contributed by atoms with Crippen molar-refractivity contribution in [1.82, 2.24) is 0 Å². The van der Waals surface area contributed by atoms with E-state index in [0.29, 0.717) is 0 Å². The largest absolute Gasteiger partial charge is 0.275 e. The van der Waals surface area contributed by atoms with E-state index in [9.17, 15) is 0 Å². The minimum atomic E-state index is 0.861. The second-order valence-corrected chi connectivity index (χ2v) is 2.06. The Morgan fingerprint density at radius 2 is 2.17 bits per heavy atom. The molecule has 0 unspecified atom stereocenters. The molecule has 0 aromatic carbocycles. The van der Waals surface area contributed by atoms with Crippen molar-refractivity contribution in [3.8, 4) is 0 Å². The summed E-state index contributed by atoms with van der Waals surface area (Å²) in [4.78, 5) is 0. The van der Waals surface area contributed by atoms with Gasteiger partial charge in [-0.15, -0.1) is 0 Å². The number of hydrogen-bond acceptors (Lipinski definition) is 1. The first kappa shape index (κ1) is 3.81. The van der Waals surface area contributed by atoms with E-state index >= 15 is 0 Å². The fourth-order valence-corrected chi connectivity index (χ4v) is 0.287. The molecule has 0 aromatic rings. The van der Waals surface area contributed by atoms with Gasteiger partial charge in [0.25, 0.3) is 0 Å². The van der Waals surface area contributed by atoms with Gasteiger partial charge >= 0.3 is 0 Å². The predicted octanol–water partition coefficient (Wildman–Crippen LogP) is 0.0537. The van der Waals surface area contributed by atoms with Crippen LogP contribution in [0.15, 0.2) is 0 Å². The van der Waals surface area contributed by atoms with Crippen molar-refractivity contribution in [2.45, 2.75) is 0 Å². The summed E-state index contributed by atoms with van der Waals surface area (Å²) in [5, 5.41) is 6.76. The van der Waals surface area contributed by atoms with Crippen LogP contribution in [0.4, 0.5) is 0 Å². The second kappa shape index (κ2) is 0.819. The molecule has 1 N–H and O–H groups in total. The molecule has 2 heteroatoms. The van der Waals surface area contributed by atoms with E-state index in [1.807, 2.05) is 7.05 Å². The highest BCUT2D eigenvalue weighted by molar-refractivity contribution is 5.42. The minimum absolute atomic E-state index is 0.861. The normalized spacial score (nSPS) is 26.2. The van der Waals surface area contributed by atoms with Crippen LogP contribution in [0.5, 0.6) is 0 Å². The van der Waals surface area contributed by atoms with E-state index in [1.165, 1.54) is 19.4 Å². The fourth-order valence-electron chi connectivity index (χ4n) is 0.287. The molecule has 34 valence electrons. The first-order chi connectivity index (χ1) is 2.77. The zero-order chi connectivity index (χ0) is 4.62. The highest BCUT2D eigenvalue weighted by Gasteiger charge is 2.34. The summed E-state index contributed by atoms with van der Waals surface area (Å²) >= 11 is 0. The molecule has 1 aliphatic rings. The van der Waals surface area contributed by atoms with Crippen molar-refractivity contribution in [2.24, 2.45) is 0 Å². The number of likely N-dealkylation sites (N-methyl/N-ethyl adjacent to an activating group) is 1. The summed E-state index contributed by atoms with van der Waals surface area (Å²) < 4.78 is 0.861. The van der Waals surface area contributed by atoms with Gasteiger partial charge in [-0.3, -0.25) is 9.89 Å². The maximum absolute atomic E-state index is 6.76. The third kappa shape index (κ3) is 0.431. The highest BCUT2D eigenvalue weighted by atomic mass is 15.4. The quantitative estimate of drug-likeness (QED) is 0.201. The van der Waals surface area contributed by atoms with Crippen molar-refractivity contribution in [3.05, 3.63) is 0 Å². The van der Waals surface area contributed by atoms with Crippen LogP contribution in [0.3, 0.4) is 0 Å². The zero-order valence-electron chi connectivity index (χ0n) is 3.94. The molecule has 0 radical (unpaired) electrons. The van der Waals surface area contributed by atoms with Gasteiger partial charge in [-0.05, 0) is 0 Å². The van der Waals surface area contributed by atoms with Crippen LogP contribution in [0, 0.1) is 5.41 Å². The Kier molecular flexibility index (Phi) is 0.520. The van der Waals surface area contributed by atoms with Crippen LogP contribution >= 0.6 is 0 Å². The molecular formula is C4H9N2+. The Labute approximate surface area is 37.5 Å². The molecular weight excluding hydrogens is 76.1 g/mol. The Balaban J connectivity index is 2.47. The van der Waals surface area contributed by atoms with Crippen molar-refractivity contribution in [2.75, 3.05) is 20.1 Å². The van der Waals surface area contributed by atoms with E-state index in [4.69, 9.17) is 5.41 Å². The summed E-state index contributed by atoms with van der Waals surface area (Å²) in [6.07, 6.45) is 1.49. The van der Waals surface area contributed by atoms with Crippen molar-refractivity contribution < 1.29 is 4.48 Å². The Hall–Kier alpha value is -0.370. The van der Waals surface area contributed by atoms with Crippen molar-refractivity contribution in [3.63, 3.8) is 0 Å². The van der Waals surface area contributed by atoms with Crippen LogP contribution in [-0.2, 0) is 0 Å². The predicted molar refractivity (Wildman–Crippen MR) is 24.7 cm³/mol. The van der Waals surface area contributed by atoms with Gasteiger partial charge in [-0.25, -0.2) is 0 Å². The fraction of sp³-hybridized carbons (Fsp3) is 0.750. The Morgan fingerprint density at radius 3 is 2.17 bits per heavy atom. The number of quaternary nitrogens is 1.